The Morgan fingerprint density at radius 2 is 1.62 bits per heavy atom. The molecule has 8 heteroatoms. The lowest BCUT2D eigenvalue weighted by Gasteiger charge is -2.41. The molecular formula is C29H37Cl2N3O3. The van der Waals surface area contributed by atoms with Crippen molar-refractivity contribution in [2.45, 2.75) is 62.9 Å². The molecule has 2 aliphatic rings. The molecule has 2 aromatic rings. The van der Waals surface area contributed by atoms with E-state index in [9.17, 15) is 9.59 Å². The van der Waals surface area contributed by atoms with Crippen LogP contribution in [0.25, 0.3) is 0 Å². The Hall–Kier alpha value is -2.28. The molecular weight excluding hydrogens is 509 g/mol. The third-order valence-electron chi connectivity index (χ3n) is 7.95. The first-order valence-corrected chi connectivity index (χ1v) is 13.7. The van der Waals surface area contributed by atoms with Crippen LogP contribution in [0.5, 0.6) is 0 Å². The third kappa shape index (κ3) is 6.08. The SMILES string of the molecule is CC(C)(C)OC(=O)N1CC[C@@](CCN2CCC(C(N)=O)(c3ccccc3)CC2)(c2ccc(Cl)c(Cl)c2)C1. The van der Waals surface area contributed by atoms with E-state index in [0.29, 0.717) is 36.0 Å². The first-order chi connectivity index (χ1) is 17.4. The minimum atomic E-state index is -0.625. The van der Waals surface area contributed by atoms with Crippen LogP contribution in [0.4, 0.5) is 4.79 Å². The molecule has 2 fully saturated rings. The summed E-state index contributed by atoms with van der Waals surface area (Å²) in [5.74, 6) is -0.255. The minimum Gasteiger partial charge on any atom is -0.444 e. The van der Waals surface area contributed by atoms with Crippen LogP contribution in [0, 0.1) is 0 Å². The number of amides is 2. The van der Waals surface area contributed by atoms with Gasteiger partial charge in [-0.15, -0.1) is 0 Å². The number of nitrogens with two attached hydrogens (primary N) is 1. The first kappa shape index (κ1) is 27.7. The smallest absolute Gasteiger partial charge is 0.410 e. The zero-order chi connectivity index (χ0) is 26.8. The van der Waals surface area contributed by atoms with Crippen molar-refractivity contribution < 1.29 is 14.3 Å². The minimum absolute atomic E-state index is 0.255. The lowest BCUT2D eigenvalue weighted by atomic mass is 9.71. The lowest BCUT2D eigenvalue weighted by molar-refractivity contribution is -0.125. The van der Waals surface area contributed by atoms with Gasteiger partial charge in [-0.25, -0.2) is 4.79 Å². The highest BCUT2D eigenvalue weighted by Gasteiger charge is 2.45. The van der Waals surface area contributed by atoms with Gasteiger partial charge in [0.2, 0.25) is 5.91 Å². The maximum absolute atomic E-state index is 12.9. The van der Waals surface area contributed by atoms with Crippen LogP contribution in [0.15, 0.2) is 48.5 Å². The summed E-state index contributed by atoms with van der Waals surface area (Å²) in [6.45, 7) is 9.22. The number of carbonyl (C=O) groups excluding carboxylic acids is 2. The molecule has 1 atom stereocenters. The molecule has 0 saturated carbocycles. The monoisotopic (exact) mass is 545 g/mol. The number of hydrogen-bond donors (Lipinski definition) is 1. The van der Waals surface area contributed by atoms with Gasteiger partial charge in [0.25, 0.3) is 0 Å². The molecule has 2 heterocycles. The lowest BCUT2D eigenvalue weighted by Crippen LogP contribution is -2.50. The van der Waals surface area contributed by atoms with Crippen LogP contribution in [0.1, 0.15) is 57.6 Å². The number of primary amides is 1. The topological polar surface area (TPSA) is 75.9 Å². The van der Waals surface area contributed by atoms with Gasteiger partial charge in [0.1, 0.15) is 5.60 Å². The van der Waals surface area contributed by atoms with Crippen molar-refractivity contribution in [1.82, 2.24) is 9.80 Å². The predicted octanol–water partition coefficient (Wildman–Crippen LogP) is 5.78. The number of ether oxygens (including phenoxy) is 1. The number of likely N-dealkylation sites (tertiary alicyclic amines) is 2. The number of rotatable bonds is 6. The Morgan fingerprint density at radius 3 is 2.22 bits per heavy atom. The molecule has 2 N–H and O–H groups in total. The van der Waals surface area contributed by atoms with Crippen LogP contribution in [0.3, 0.4) is 0 Å². The summed E-state index contributed by atoms with van der Waals surface area (Å²) in [7, 11) is 0. The van der Waals surface area contributed by atoms with Crippen molar-refractivity contribution >= 4 is 35.2 Å². The number of carbonyl (C=O) groups is 2. The quantitative estimate of drug-likeness (QED) is 0.499. The highest BCUT2D eigenvalue weighted by Crippen LogP contribution is 2.42. The standard InChI is InChI=1S/C29H37Cl2N3O3/c1-27(2,3)37-26(36)34-18-12-28(20-34,22-9-10-23(30)24(31)19-22)11-15-33-16-13-29(14-17-33,25(32)35)21-7-5-4-6-8-21/h4-10,19H,11-18,20H2,1-3H3,(H2,32,35)/t28-/m1/s1. The van der Waals surface area contributed by atoms with Gasteiger partial charge >= 0.3 is 6.09 Å². The highest BCUT2D eigenvalue weighted by atomic mass is 35.5. The van der Waals surface area contributed by atoms with Crippen LogP contribution in [0.2, 0.25) is 10.0 Å². The molecule has 0 spiro atoms. The summed E-state index contributed by atoms with van der Waals surface area (Å²) in [5, 5.41) is 1.03. The second-order valence-corrected chi connectivity index (χ2v) is 12.3. The largest absolute Gasteiger partial charge is 0.444 e. The molecule has 6 nitrogen and oxygen atoms in total. The van der Waals surface area contributed by atoms with Gasteiger partial charge < -0.3 is 20.3 Å². The van der Waals surface area contributed by atoms with E-state index in [0.717, 1.165) is 43.6 Å². The molecule has 2 aromatic carbocycles. The summed E-state index contributed by atoms with van der Waals surface area (Å²) in [6, 6.07) is 15.7. The van der Waals surface area contributed by atoms with Crippen molar-refractivity contribution in [3.05, 3.63) is 69.7 Å². The Bertz CT molecular complexity index is 1130. The second-order valence-electron chi connectivity index (χ2n) is 11.5. The average Bonchev–Trinajstić information content (AvgIpc) is 3.30. The van der Waals surface area contributed by atoms with Crippen LogP contribution >= 0.6 is 23.2 Å². The average molecular weight is 547 g/mol. The maximum Gasteiger partial charge on any atom is 0.410 e. The van der Waals surface area contributed by atoms with Gasteiger partial charge in [0, 0.05) is 18.5 Å². The number of benzene rings is 2. The van der Waals surface area contributed by atoms with Crippen molar-refractivity contribution in [3.8, 4) is 0 Å². The van der Waals surface area contributed by atoms with Gasteiger partial charge in [0.05, 0.1) is 15.5 Å². The van der Waals surface area contributed by atoms with Gasteiger partial charge in [0.15, 0.2) is 0 Å². The molecule has 2 amide bonds. The Labute approximate surface area is 230 Å². The second kappa shape index (κ2) is 10.8. The highest BCUT2D eigenvalue weighted by molar-refractivity contribution is 6.42. The predicted molar refractivity (Wildman–Crippen MR) is 148 cm³/mol. The number of hydrogen-bond acceptors (Lipinski definition) is 4. The normalized spacial score (nSPS) is 22.1. The fourth-order valence-electron chi connectivity index (χ4n) is 5.73. The van der Waals surface area contributed by atoms with Gasteiger partial charge in [-0.3, -0.25) is 4.79 Å². The molecule has 37 heavy (non-hydrogen) atoms. The van der Waals surface area contributed by atoms with E-state index in [2.05, 4.69) is 4.90 Å². The summed E-state index contributed by atoms with van der Waals surface area (Å²) in [4.78, 5) is 29.7. The van der Waals surface area contributed by atoms with E-state index in [1.54, 1.807) is 4.90 Å². The van der Waals surface area contributed by atoms with Crippen LogP contribution in [-0.4, -0.2) is 60.1 Å². The van der Waals surface area contributed by atoms with E-state index in [1.165, 1.54) is 0 Å². The van der Waals surface area contributed by atoms with Crippen molar-refractivity contribution in [3.63, 3.8) is 0 Å². The zero-order valence-electron chi connectivity index (χ0n) is 21.9. The van der Waals surface area contributed by atoms with E-state index in [4.69, 9.17) is 33.7 Å². The van der Waals surface area contributed by atoms with E-state index in [-0.39, 0.29) is 17.4 Å². The number of piperidine rings is 1. The molecule has 0 aromatic heterocycles. The first-order valence-electron chi connectivity index (χ1n) is 13.0. The Morgan fingerprint density at radius 1 is 0.946 bits per heavy atom. The van der Waals surface area contributed by atoms with Crippen molar-refractivity contribution in [2.75, 3.05) is 32.7 Å². The summed E-state index contributed by atoms with van der Waals surface area (Å²) >= 11 is 12.6. The molecule has 2 saturated heterocycles. The van der Waals surface area contributed by atoms with Gasteiger partial charge in [-0.05, 0) is 89.3 Å². The molecule has 4 rings (SSSR count). The summed E-state index contributed by atoms with van der Waals surface area (Å²) in [6.07, 6.45) is 2.75. The number of halogens is 2. The molecule has 0 unspecified atom stereocenters. The van der Waals surface area contributed by atoms with Crippen molar-refractivity contribution in [2.24, 2.45) is 5.73 Å². The Kier molecular flexibility index (Phi) is 8.13. The molecule has 200 valence electrons. The van der Waals surface area contributed by atoms with Crippen LogP contribution in [-0.2, 0) is 20.4 Å². The molecule has 2 aliphatic heterocycles. The summed E-state index contributed by atoms with van der Waals surface area (Å²) < 4.78 is 5.66. The van der Waals surface area contributed by atoms with E-state index >= 15 is 0 Å². The fraction of sp³-hybridized carbons (Fsp3) is 0.517. The van der Waals surface area contributed by atoms with Gasteiger partial charge in [-0.1, -0.05) is 59.6 Å². The maximum atomic E-state index is 12.9. The molecule has 0 bridgehead atoms. The van der Waals surface area contributed by atoms with Crippen LogP contribution < -0.4 is 5.73 Å². The summed E-state index contributed by atoms with van der Waals surface area (Å²) in [5.41, 5.74) is 6.58. The fourth-order valence-corrected chi connectivity index (χ4v) is 6.03. The molecule has 0 radical (unpaired) electrons. The molecule has 0 aliphatic carbocycles. The number of nitrogens with zero attached hydrogens (tertiary/aromatic N) is 2. The van der Waals surface area contributed by atoms with Gasteiger partial charge in [-0.2, -0.15) is 0 Å². The van der Waals surface area contributed by atoms with Crippen molar-refractivity contribution in [1.29, 1.82) is 0 Å². The third-order valence-corrected chi connectivity index (χ3v) is 8.69. The van der Waals surface area contributed by atoms with E-state index in [1.807, 2.05) is 69.3 Å². The van der Waals surface area contributed by atoms with E-state index < -0.39 is 11.0 Å². The Balaban J connectivity index is 1.49. The zero-order valence-corrected chi connectivity index (χ0v) is 23.4.